The van der Waals surface area contributed by atoms with Gasteiger partial charge in [-0.15, -0.1) is 0 Å². The molecule has 1 aromatic heterocycles. The van der Waals surface area contributed by atoms with Gasteiger partial charge >= 0.3 is 0 Å². The minimum atomic E-state index is 0.771. The normalized spacial score (nSPS) is 11.1. The van der Waals surface area contributed by atoms with Gasteiger partial charge < -0.3 is 4.57 Å². The first-order chi connectivity index (χ1) is 12.3. The maximum Gasteiger partial charge on any atom is 0.110 e. The average Bonchev–Trinajstić information content (AvgIpc) is 2.99. The number of rotatable bonds is 5. The third kappa shape index (κ3) is 3.59. The van der Waals surface area contributed by atoms with E-state index >= 15 is 0 Å². The topological polar surface area (TPSA) is 17.8 Å². The zero-order valence-corrected chi connectivity index (χ0v) is 14.7. The van der Waals surface area contributed by atoms with Crippen molar-refractivity contribution < 1.29 is 0 Å². The quantitative estimate of drug-likeness (QED) is 0.465. The first-order valence-electron chi connectivity index (χ1n) is 8.52. The van der Waals surface area contributed by atoms with Gasteiger partial charge in [-0.1, -0.05) is 66.2 Å². The third-order valence-corrected chi connectivity index (χ3v) is 4.68. The zero-order valence-electron chi connectivity index (χ0n) is 13.9. The van der Waals surface area contributed by atoms with Crippen LogP contribution in [0.2, 0.25) is 5.02 Å². The van der Waals surface area contributed by atoms with Crippen molar-refractivity contribution in [2.24, 2.45) is 0 Å². The van der Waals surface area contributed by atoms with E-state index in [0.717, 1.165) is 35.8 Å². The van der Waals surface area contributed by atoms with E-state index in [1.807, 2.05) is 24.3 Å². The molecule has 124 valence electrons. The molecule has 0 aliphatic rings. The highest BCUT2D eigenvalue weighted by Crippen LogP contribution is 2.20. The largest absolute Gasteiger partial charge is 0.323 e. The van der Waals surface area contributed by atoms with Gasteiger partial charge in [0.1, 0.15) is 5.82 Å². The van der Waals surface area contributed by atoms with Crippen molar-refractivity contribution in [2.75, 3.05) is 0 Å². The number of hydrogen-bond donors (Lipinski definition) is 0. The lowest BCUT2D eigenvalue weighted by Crippen LogP contribution is -2.06. The molecule has 0 aliphatic carbocycles. The molecule has 0 saturated heterocycles. The summed E-state index contributed by atoms with van der Waals surface area (Å²) in [5.41, 5.74) is 4.75. The molecule has 0 N–H and O–H groups in total. The van der Waals surface area contributed by atoms with E-state index in [1.54, 1.807) is 0 Å². The van der Waals surface area contributed by atoms with Gasteiger partial charge in [0, 0.05) is 18.0 Å². The number of hydrogen-bond acceptors (Lipinski definition) is 1. The second-order valence-corrected chi connectivity index (χ2v) is 6.65. The van der Waals surface area contributed by atoms with Crippen LogP contribution in [0, 0.1) is 0 Å². The van der Waals surface area contributed by atoms with E-state index in [9.17, 15) is 0 Å². The van der Waals surface area contributed by atoms with Gasteiger partial charge in [0.15, 0.2) is 0 Å². The van der Waals surface area contributed by atoms with Crippen LogP contribution in [0.1, 0.15) is 17.0 Å². The average molecular weight is 347 g/mol. The number of halogens is 1. The summed E-state index contributed by atoms with van der Waals surface area (Å²) in [6, 6.07) is 26.9. The maximum atomic E-state index is 6.16. The van der Waals surface area contributed by atoms with Crippen molar-refractivity contribution in [3.05, 3.63) is 101 Å². The lowest BCUT2D eigenvalue weighted by atomic mass is 10.1. The third-order valence-electron chi connectivity index (χ3n) is 4.44. The summed E-state index contributed by atoms with van der Waals surface area (Å²) in [7, 11) is 0. The molecule has 0 bridgehead atoms. The molecule has 4 aromatic rings. The molecule has 0 amide bonds. The fraction of sp³-hybridized carbons (Fsp3) is 0.136. The Balaban J connectivity index is 1.68. The Labute approximate surface area is 152 Å². The maximum absolute atomic E-state index is 6.16. The number of aromatic nitrogens is 2. The van der Waals surface area contributed by atoms with E-state index in [0.29, 0.717) is 0 Å². The van der Waals surface area contributed by atoms with Crippen molar-refractivity contribution in [3.63, 3.8) is 0 Å². The van der Waals surface area contributed by atoms with Crippen LogP contribution in [0.25, 0.3) is 11.0 Å². The molecular formula is C22H19ClN2. The molecule has 3 aromatic carbocycles. The molecule has 0 atom stereocenters. The molecule has 0 fully saturated rings. The highest BCUT2D eigenvalue weighted by Gasteiger charge is 2.11. The monoisotopic (exact) mass is 346 g/mol. The summed E-state index contributed by atoms with van der Waals surface area (Å²) in [6.07, 6.45) is 1.90. The van der Waals surface area contributed by atoms with Crippen LogP contribution >= 0.6 is 11.6 Å². The second kappa shape index (κ2) is 7.12. The fourth-order valence-corrected chi connectivity index (χ4v) is 3.42. The van der Waals surface area contributed by atoms with Crippen LogP contribution in [0.5, 0.6) is 0 Å². The zero-order chi connectivity index (χ0) is 17.1. The van der Waals surface area contributed by atoms with Gasteiger partial charge in [0.25, 0.3) is 0 Å². The van der Waals surface area contributed by atoms with Crippen LogP contribution in [-0.4, -0.2) is 9.55 Å². The smallest absolute Gasteiger partial charge is 0.110 e. The standard InChI is InChI=1S/C22H19ClN2/c23-19-10-6-9-18(15-19)16-25-21-12-5-4-11-20(21)24-22(25)14-13-17-7-2-1-3-8-17/h1-12,15H,13-14,16H2. The van der Waals surface area contributed by atoms with E-state index in [-0.39, 0.29) is 0 Å². The van der Waals surface area contributed by atoms with Crippen molar-refractivity contribution in [1.82, 2.24) is 9.55 Å². The SMILES string of the molecule is Clc1cccc(Cn2c(CCc3ccccc3)nc3ccccc32)c1. The summed E-state index contributed by atoms with van der Waals surface area (Å²) in [5.74, 6) is 1.12. The van der Waals surface area contributed by atoms with Crippen molar-refractivity contribution in [2.45, 2.75) is 19.4 Å². The molecule has 25 heavy (non-hydrogen) atoms. The minimum absolute atomic E-state index is 0.771. The van der Waals surface area contributed by atoms with E-state index in [1.165, 1.54) is 16.6 Å². The van der Waals surface area contributed by atoms with Gasteiger partial charge in [-0.3, -0.25) is 0 Å². The lowest BCUT2D eigenvalue weighted by molar-refractivity contribution is 0.730. The summed E-state index contributed by atoms with van der Waals surface area (Å²) in [5, 5.41) is 0.771. The predicted molar refractivity (Wildman–Crippen MR) is 104 cm³/mol. The highest BCUT2D eigenvalue weighted by molar-refractivity contribution is 6.30. The van der Waals surface area contributed by atoms with Crippen LogP contribution in [0.3, 0.4) is 0 Å². The molecule has 1 heterocycles. The van der Waals surface area contributed by atoms with Crippen molar-refractivity contribution >= 4 is 22.6 Å². The van der Waals surface area contributed by atoms with E-state index in [4.69, 9.17) is 16.6 Å². The molecule has 0 saturated carbocycles. The highest BCUT2D eigenvalue weighted by atomic mass is 35.5. The molecule has 3 heteroatoms. The van der Waals surface area contributed by atoms with Gasteiger partial charge in [0.2, 0.25) is 0 Å². The minimum Gasteiger partial charge on any atom is -0.323 e. The Bertz CT molecular complexity index is 989. The Morgan fingerprint density at radius 2 is 1.52 bits per heavy atom. The first kappa shape index (κ1) is 15.9. The summed E-state index contributed by atoms with van der Waals surface area (Å²) in [4.78, 5) is 4.88. The Kier molecular flexibility index (Phi) is 4.53. The molecule has 0 unspecified atom stereocenters. The number of imidazole rings is 1. The lowest BCUT2D eigenvalue weighted by Gasteiger charge is -2.10. The van der Waals surface area contributed by atoms with Gasteiger partial charge in [-0.2, -0.15) is 0 Å². The summed E-state index contributed by atoms with van der Waals surface area (Å²) < 4.78 is 2.31. The van der Waals surface area contributed by atoms with Crippen molar-refractivity contribution in [3.8, 4) is 0 Å². The summed E-state index contributed by atoms with van der Waals surface area (Å²) in [6.45, 7) is 0.783. The number of aryl methyl sites for hydroxylation is 2. The molecule has 0 spiro atoms. The first-order valence-corrected chi connectivity index (χ1v) is 8.90. The number of fused-ring (bicyclic) bond motifs is 1. The molecule has 0 aliphatic heterocycles. The predicted octanol–water partition coefficient (Wildman–Crippen LogP) is 5.52. The van der Waals surface area contributed by atoms with Crippen LogP contribution in [0.4, 0.5) is 0 Å². The van der Waals surface area contributed by atoms with Crippen LogP contribution in [-0.2, 0) is 19.4 Å². The Hall–Kier alpha value is -2.58. The molecular weight excluding hydrogens is 328 g/mol. The second-order valence-electron chi connectivity index (χ2n) is 6.22. The van der Waals surface area contributed by atoms with Crippen LogP contribution < -0.4 is 0 Å². The van der Waals surface area contributed by atoms with Gasteiger partial charge in [-0.05, 0) is 41.8 Å². The number of para-hydroxylation sites is 2. The van der Waals surface area contributed by atoms with Crippen molar-refractivity contribution in [1.29, 1.82) is 0 Å². The fourth-order valence-electron chi connectivity index (χ4n) is 3.21. The molecule has 0 radical (unpaired) electrons. The number of nitrogens with zero attached hydrogens (tertiary/aromatic N) is 2. The Morgan fingerprint density at radius 3 is 2.36 bits per heavy atom. The van der Waals surface area contributed by atoms with E-state index in [2.05, 4.69) is 59.2 Å². The molecule has 2 nitrogen and oxygen atoms in total. The van der Waals surface area contributed by atoms with Crippen LogP contribution in [0.15, 0.2) is 78.9 Å². The number of benzene rings is 3. The van der Waals surface area contributed by atoms with Gasteiger partial charge in [0.05, 0.1) is 11.0 Å². The van der Waals surface area contributed by atoms with Gasteiger partial charge in [-0.25, -0.2) is 4.98 Å². The molecule has 4 rings (SSSR count). The summed E-state index contributed by atoms with van der Waals surface area (Å²) >= 11 is 6.16. The Morgan fingerprint density at radius 1 is 0.760 bits per heavy atom. The van der Waals surface area contributed by atoms with E-state index < -0.39 is 0 Å².